The number of alkyl halides is 7. The summed E-state index contributed by atoms with van der Waals surface area (Å²) in [5, 5.41) is 0. The van der Waals surface area contributed by atoms with E-state index in [1.54, 1.807) is 0 Å². The van der Waals surface area contributed by atoms with Gasteiger partial charge in [-0.3, -0.25) is 4.79 Å². The fourth-order valence-corrected chi connectivity index (χ4v) is 1.27. The Balaban J connectivity index is 3.46. The molecule has 0 aliphatic heterocycles. The molecule has 0 unspecified atom stereocenters. The number of hydrogen-bond acceptors (Lipinski definition) is 2. The summed E-state index contributed by atoms with van der Waals surface area (Å²) in [6, 6.07) is 0. The van der Waals surface area contributed by atoms with Crippen LogP contribution in [-0.4, -0.2) is 11.3 Å². The summed E-state index contributed by atoms with van der Waals surface area (Å²) in [5.74, 6) is -2.42. The lowest BCUT2D eigenvalue weighted by Gasteiger charge is -2.15. The maximum atomic E-state index is 12.4. The lowest BCUT2D eigenvalue weighted by Crippen LogP contribution is -2.27. The van der Waals surface area contributed by atoms with E-state index in [4.69, 9.17) is 11.6 Å². The molecule has 0 spiro atoms. The number of H-pyrrole nitrogens is 1. The normalized spacial score (nSPS) is 12.6. The molecule has 0 aromatic carbocycles. The molecule has 1 heterocycles. The molecule has 1 aromatic rings. The maximum absolute atomic E-state index is 12.4. The van der Waals surface area contributed by atoms with Gasteiger partial charge in [0.15, 0.2) is 5.69 Å². The maximum Gasteiger partial charge on any atom is 0.573 e. The summed E-state index contributed by atoms with van der Waals surface area (Å²) in [6.45, 7) is 0. The van der Waals surface area contributed by atoms with Gasteiger partial charge in [-0.05, 0) is 0 Å². The molecule has 102 valence electrons. The number of pyridine rings is 1. The highest BCUT2D eigenvalue weighted by Crippen LogP contribution is 2.35. The van der Waals surface area contributed by atoms with E-state index in [0.29, 0.717) is 6.20 Å². The van der Waals surface area contributed by atoms with Crippen LogP contribution in [0.3, 0.4) is 0 Å². The number of rotatable bonds is 2. The number of aromatic amines is 1. The Labute approximate surface area is 100 Å². The Bertz CT molecular complexity index is 492. The van der Waals surface area contributed by atoms with E-state index < -0.39 is 40.9 Å². The first kappa shape index (κ1) is 14.7. The minimum absolute atomic E-state index is 0.469. The fraction of sp³-hybridized carbons (Fsp3) is 0.375. The van der Waals surface area contributed by atoms with Gasteiger partial charge in [-0.15, -0.1) is 24.8 Å². The predicted octanol–water partition coefficient (Wildman–Crippen LogP) is 3.03. The van der Waals surface area contributed by atoms with Gasteiger partial charge in [-0.1, -0.05) is 0 Å². The second kappa shape index (κ2) is 4.71. The van der Waals surface area contributed by atoms with Crippen molar-refractivity contribution >= 4 is 11.6 Å². The molecule has 1 aromatic heterocycles. The second-order valence-corrected chi connectivity index (χ2v) is 3.29. The third-order valence-electron chi connectivity index (χ3n) is 1.76. The smallest absolute Gasteiger partial charge is 0.399 e. The van der Waals surface area contributed by atoms with Crippen LogP contribution in [0.4, 0.5) is 26.3 Å². The van der Waals surface area contributed by atoms with Crippen molar-refractivity contribution in [1.29, 1.82) is 0 Å². The van der Waals surface area contributed by atoms with Crippen LogP contribution in [0.1, 0.15) is 11.3 Å². The van der Waals surface area contributed by atoms with Crippen LogP contribution in [0.2, 0.25) is 0 Å². The number of aromatic nitrogens is 1. The monoisotopic (exact) mass is 295 g/mol. The van der Waals surface area contributed by atoms with Crippen LogP contribution < -0.4 is 10.2 Å². The molecule has 1 rings (SSSR count). The van der Waals surface area contributed by atoms with Gasteiger partial charge in [0, 0.05) is 11.8 Å². The first-order valence-electron chi connectivity index (χ1n) is 4.19. The van der Waals surface area contributed by atoms with E-state index in [2.05, 4.69) is 4.74 Å². The number of hydrogen-bond donors (Lipinski definition) is 1. The van der Waals surface area contributed by atoms with Crippen LogP contribution in [0.5, 0.6) is 5.75 Å². The Morgan fingerprint density at radius 2 is 1.78 bits per heavy atom. The lowest BCUT2D eigenvalue weighted by atomic mass is 10.2. The van der Waals surface area contributed by atoms with Crippen LogP contribution in [-0.2, 0) is 12.1 Å². The second-order valence-electron chi connectivity index (χ2n) is 3.03. The molecule has 18 heavy (non-hydrogen) atoms. The van der Waals surface area contributed by atoms with Crippen molar-refractivity contribution in [3.05, 3.63) is 27.7 Å². The molecule has 0 radical (unpaired) electrons. The van der Waals surface area contributed by atoms with Crippen molar-refractivity contribution < 1.29 is 31.1 Å². The van der Waals surface area contributed by atoms with Gasteiger partial charge >= 0.3 is 12.5 Å². The van der Waals surface area contributed by atoms with Gasteiger partial charge in [-0.25, -0.2) is 0 Å². The quantitative estimate of drug-likeness (QED) is 0.673. The van der Waals surface area contributed by atoms with Crippen LogP contribution in [0, 0.1) is 0 Å². The lowest BCUT2D eigenvalue weighted by molar-refractivity contribution is -0.277. The average molecular weight is 296 g/mol. The molecule has 10 heteroatoms. The number of nitrogens with one attached hydrogen (secondary N) is 1. The highest BCUT2D eigenvalue weighted by atomic mass is 35.5. The SMILES string of the molecule is O=c1c(CCl)c[nH]c(C(F)(F)F)c1OC(F)(F)F. The molecule has 0 amide bonds. The van der Waals surface area contributed by atoms with Crippen LogP contribution >= 0.6 is 11.6 Å². The first-order chi connectivity index (χ1) is 8.06. The topological polar surface area (TPSA) is 42.1 Å². The van der Waals surface area contributed by atoms with Gasteiger partial charge in [0.25, 0.3) is 0 Å². The molecule has 1 N–H and O–H groups in total. The van der Waals surface area contributed by atoms with Crippen molar-refractivity contribution in [3.8, 4) is 5.75 Å². The Hall–Kier alpha value is -1.38. The van der Waals surface area contributed by atoms with Gasteiger partial charge in [0.2, 0.25) is 11.2 Å². The molecule has 3 nitrogen and oxygen atoms in total. The largest absolute Gasteiger partial charge is 0.573 e. The van der Waals surface area contributed by atoms with Gasteiger partial charge in [0.05, 0.1) is 5.88 Å². The molecule has 0 aliphatic rings. The van der Waals surface area contributed by atoms with Crippen molar-refractivity contribution in [2.45, 2.75) is 18.4 Å². The van der Waals surface area contributed by atoms with Crippen molar-refractivity contribution in [2.75, 3.05) is 0 Å². The van der Waals surface area contributed by atoms with Gasteiger partial charge < -0.3 is 9.72 Å². The average Bonchev–Trinajstić information content (AvgIpc) is 2.17. The fourth-order valence-electron chi connectivity index (χ4n) is 1.07. The molecule has 0 saturated heterocycles. The summed E-state index contributed by atoms with van der Waals surface area (Å²) >= 11 is 5.20. The zero-order valence-electron chi connectivity index (χ0n) is 8.25. The van der Waals surface area contributed by atoms with Crippen molar-refractivity contribution in [3.63, 3.8) is 0 Å². The Morgan fingerprint density at radius 1 is 1.22 bits per heavy atom. The zero-order valence-corrected chi connectivity index (χ0v) is 9.00. The summed E-state index contributed by atoms with van der Waals surface area (Å²) in [7, 11) is 0. The van der Waals surface area contributed by atoms with E-state index in [9.17, 15) is 31.1 Å². The summed E-state index contributed by atoms with van der Waals surface area (Å²) in [5.41, 5.74) is -3.95. The summed E-state index contributed by atoms with van der Waals surface area (Å²) in [6.07, 6.45) is -10.0. The van der Waals surface area contributed by atoms with Gasteiger partial charge in [0.1, 0.15) is 0 Å². The number of halogens is 7. The highest BCUT2D eigenvalue weighted by molar-refractivity contribution is 6.17. The third kappa shape index (κ3) is 3.31. The molecule has 0 aliphatic carbocycles. The minimum Gasteiger partial charge on any atom is -0.399 e. The van der Waals surface area contributed by atoms with Crippen LogP contribution in [0.15, 0.2) is 11.0 Å². The van der Waals surface area contributed by atoms with Crippen molar-refractivity contribution in [1.82, 2.24) is 4.98 Å². The standard InChI is InChI=1S/C8H4ClF6NO2/c9-1-3-2-16-6(7(10,11)12)5(4(3)17)18-8(13,14)15/h2H,1H2,(H,16,17). The minimum atomic E-state index is -5.42. The van der Waals surface area contributed by atoms with E-state index in [-0.39, 0.29) is 0 Å². The Morgan fingerprint density at radius 3 is 2.17 bits per heavy atom. The summed E-state index contributed by atoms with van der Waals surface area (Å²) in [4.78, 5) is 12.8. The van der Waals surface area contributed by atoms with E-state index in [0.717, 1.165) is 0 Å². The predicted molar refractivity (Wildman–Crippen MR) is 48.3 cm³/mol. The highest BCUT2D eigenvalue weighted by Gasteiger charge is 2.42. The number of ether oxygens (including phenoxy) is 1. The molecular weight excluding hydrogens is 292 g/mol. The zero-order chi connectivity index (χ0) is 14.1. The van der Waals surface area contributed by atoms with Crippen LogP contribution in [0.25, 0.3) is 0 Å². The molecule has 0 bridgehead atoms. The molecule has 0 fully saturated rings. The van der Waals surface area contributed by atoms with E-state index in [1.807, 2.05) is 0 Å². The van der Waals surface area contributed by atoms with Crippen molar-refractivity contribution in [2.24, 2.45) is 0 Å². The first-order valence-corrected chi connectivity index (χ1v) is 4.73. The summed E-state index contributed by atoms with van der Waals surface area (Å²) < 4.78 is 76.1. The van der Waals surface area contributed by atoms with E-state index >= 15 is 0 Å². The molecule has 0 saturated carbocycles. The van der Waals surface area contributed by atoms with Gasteiger partial charge in [-0.2, -0.15) is 13.2 Å². The van der Waals surface area contributed by atoms with E-state index in [1.165, 1.54) is 4.98 Å². The molecule has 0 atom stereocenters. The Kier molecular flexibility index (Phi) is 3.84. The third-order valence-corrected chi connectivity index (χ3v) is 2.05. The molecular formula is C8H4ClF6NO2.